The van der Waals surface area contributed by atoms with E-state index in [1.165, 1.54) is 18.2 Å². The standard InChI is InChI=1S/C17H17ClFN3O2/c18-14-10-13(19)5-4-12(14)11-21-6-8-22(9-7-21)16-3-1-2-15(20-16)17(23)24/h1-5,10H,6-9,11H2,(H,23,24). The highest BCUT2D eigenvalue weighted by atomic mass is 35.5. The normalized spacial score (nSPS) is 15.5. The van der Waals surface area contributed by atoms with Crippen molar-refractivity contribution in [1.29, 1.82) is 0 Å². The predicted octanol–water partition coefficient (Wildman–Crippen LogP) is 2.89. The Morgan fingerprint density at radius 3 is 2.62 bits per heavy atom. The van der Waals surface area contributed by atoms with Gasteiger partial charge in [-0.1, -0.05) is 23.7 Å². The molecule has 1 N–H and O–H groups in total. The van der Waals surface area contributed by atoms with E-state index in [1.807, 2.05) is 6.07 Å². The summed E-state index contributed by atoms with van der Waals surface area (Å²) in [6.07, 6.45) is 0. The molecule has 0 atom stereocenters. The van der Waals surface area contributed by atoms with Gasteiger partial charge in [0.15, 0.2) is 5.69 Å². The number of anilines is 1. The molecule has 126 valence electrons. The molecule has 0 aliphatic carbocycles. The first-order chi connectivity index (χ1) is 11.5. The van der Waals surface area contributed by atoms with E-state index in [4.69, 9.17) is 16.7 Å². The number of hydrogen-bond donors (Lipinski definition) is 1. The van der Waals surface area contributed by atoms with Crippen LogP contribution in [0.3, 0.4) is 0 Å². The van der Waals surface area contributed by atoms with E-state index < -0.39 is 5.97 Å². The van der Waals surface area contributed by atoms with Crippen LogP contribution in [0.1, 0.15) is 16.1 Å². The molecule has 0 unspecified atom stereocenters. The molecule has 3 rings (SSSR count). The molecule has 1 aliphatic rings. The molecule has 1 aromatic carbocycles. The number of nitrogens with zero attached hydrogens (tertiary/aromatic N) is 3. The maximum absolute atomic E-state index is 13.1. The summed E-state index contributed by atoms with van der Waals surface area (Å²) < 4.78 is 13.1. The van der Waals surface area contributed by atoms with Crippen molar-refractivity contribution in [3.05, 3.63) is 58.5 Å². The van der Waals surface area contributed by atoms with Gasteiger partial charge in [0.2, 0.25) is 0 Å². The Hall–Kier alpha value is -2.18. The largest absolute Gasteiger partial charge is 0.477 e. The molecule has 1 saturated heterocycles. The second kappa shape index (κ2) is 7.15. The summed E-state index contributed by atoms with van der Waals surface area (Å²) in [5.74, 6) is -0.686. The molecule has 2 aromatic rings. The van der Waals surface area contributed by atoms with Crippen LogP contribution in [-0.4, -0.2) is 47.1 Å². The number of carbonyl (C=O) groups is 1. The highest BCUT2D eigenvalue weighted by molar-refractivity contribution is 6.31. The van der Waals surface area contributed by atoms with Crippen LogP contribution in [0.25, 0.3) is 0 Å². The van der Waals surface area contributed by atoms with E-state index in [1.54, 1.807) is 12.1 Å². The van der Waals surface area contributed by atoms with Gasteiger partial charge in [-0.15, -0.1) is 0 Å². The molecule has 7 heteroatoms. The molecule has 1 aliphatic heterocycles. The predicted molar refractivity (Wildman–Crippen MR) is 90.1 cm³/mol. The third-order valence-electron chi connectivity index (χ3n) is 4.06. The zero-order valence-corrected chi connectivity index (χ0v) is 13.7. The molecule has 2 heterocycles. The van der Waals surface area contributed by atoms with Crippen molar-refractivity contribution >= 4 is 23.4 Å². The van der Waals surface area contributed by atoms with Crippen LogP contribution in [0.2, 0.25) is 5.02 Å². The summed E-state index contributed by atoms with van der Waals surface area (Å²) in [4.78, 5) is 19.5. The van der Waals surface area contributed by atoms with Crippen LogP contribution < -0.4 is 4.90 Å². The van der Waals surface area contributed by atoms with Gasteiger partial charge in [0.1, 0.15) is 11.6 Å². The topological polar surface area (TPSA) is 56.7 Å². The molecule has 1 fully saturated rings. The van der Waals surface area contributed by atoms with Crippen LogP contribution in [0.5, 0.6) is 0 Å². The van der Waals surface area contributed by atoms with E-state index in [2.05, 4.69) is 14.8 Å². The Morgan fingerprint density at radius 1 is 1.21 bits per heavy atom. The van der Waals surface area contributed by atoms with E-state index in [0.29, 0.717) is 17.4 Å². The number of carboxylic acid groups (broad SMARTS) is 1. The Morgan fingerprint density at radius 2 is 1.96 bits per heavy atom. The van der Waals surface area contributed by atoms with Gasteiger partial charge in [-0.05, 0) is 29.8 Å². The number of piperazine rings is 1. The summed E-state index contributed by atoms with van der Waals surface area (Å²) in [7, 11) is 0. The molecular weight excluding hydrogens is 333 g/mol. The number of halogens is 2. The minimum Gasteiger partial charge on any atom is -0.477 e. The fraction of sp³-hybridized carbons (Fsp3) is 0.294. The number of carboxylic acids is 1. The van der Waals surface area contributed by atoms with Crippen LogP contribution in [0.4, 0.5) is 10.2 Å². The zero-order chi connectivity index (χ0) is 17.1. The molecule has 0 amide bonds. The number of benzene rings is 1. The third kappa shape index (κ3) is 3.83. The number of pyridine rings is 1. The Labute approximate surface area is 144 Å². The van der Waals surface area contributed by atoms with Crippen LogP contribution in [0, 0.1) is 5.82 Å². The zero-order valence-electron chi connectivity index (χ0n) is 13.0. The minimum atomic E-state index is -1.03. The van der Waals surface area contributed by atoms with Crippen LogP contribution in [0.15, 0.2) is 36.4 Å². The van der Waals surface area contributed by atoms with Crippen molar-refractivity contribution in [2.45, 2.75) is 6.54 Å². The monoisotopic (exact) mass is 349 g/mol. The van der Waals surface area contributed by atoms with Crippen molar-refractivity contribution < 1.29 is 14.3 Å². The van der Waals surface area contributed by atoms with Crippen molar-refractivity contribution in [2.24, 2.45) is 0 Å². The van der Waals surface area contributed by atoms with E-state index in [9.17, 15) is 9.18 Å². The van der Waals surface area contributed by atoms with Gasteiger partial charge in [-0.3, -0.25) is 4.90 Å². The summed E-state index contributed by atoms with van der Waals surface area (Å²) in [6.45, 7) is 3.75. The smallest absolute Gasteiger partial charge is 0.354 e. The maximum atomic E-state index is 13.1. The second-order valence-electron chi connectivity index (χ2n) is 5.69. The second-order valence-corrected chi connectivity index (χ2v) is 6.09. The molecule has 5 nitrogen and oxygen atoms in total. The van der Waals surface area contributed by atoms with Gasteiger partial charge in [0.05, 0.1) is 0 Å². The lowest BCUT2D eigenvalue weighted by molar-refractivity contribution is 0.0690. The lowest BCUT2D eigenvalue weighted by Gasteiger charge is -2.35. The number of hydrogen-bond acceptors (Lipinski definition) is 4. The highest BCUT2D eigenvalue weighted by Crippen LogP contribution is 2.21. The van der Waals surface area contributed by atoms with Crippen LogP contribution >= 0.6 is 11.6 Å². The Kier molecular flexibility index (Phi) is 4.97. The quantitative estimate of drug-likeness (QED) is 0.919. The lowest BCUT2D eigenvalue weighted by atomic mass is 10.2. The highest BCUT2D eigenvalue weighted by Gasteiger charge is 2.19. The average Bonchev–Trinajstić information content (AvgIpc) is 2.58. The first-order valence-electron chi connectivity index (χ1n) is 7.64. The summed E-state index contributed by atoms with van der Waals surface area (Å²) >= 11 is 6.08. The number of rotatable bonds is 4. The molecule has 0 radical (unpaired) electrons. The molecule has 1 aromatic heterocycles. The van der Waals surface area contributed by atoms with Crippen LogP contribution in [-0.2, 0) is 6.54 Å². The lowest BCUT2D eigenvalue weighted by Crippen LogP contribution is -2.46. The molecule has 0 saturated carbocycles. The average molecular weight is 350 g/mol. The van der Waals surface area contributed by atoms with Gasteiger partial charge in [0, 0.05) is 37.7 Å². The van der Waals surface area contributed by atoms with Crippen molar-refractivity contribution in [2.75, 3.05) is 31.1 Å². The van der Waals surface area contributed by atoms with Gasteiger partial charge in [0.25, 0.3) is 0 Å². The van der Waals surface area contributed by atoms with Crippen molar-refractivity contribution in [3.63, 3.8) is 0 Å². The fourth-order valence-corrected chi connectivity index (χ4v) is 2.97. The van der Waals surface area contributed by atoms with Gasteiger partial charge < -0.3 is 10.0 Å². The van der Waals surface area contributed by atoms with E-state index in [-0.39, 0.29) is 11.5 Å². The van der Waals surface area contributed by atoms with Crippen molar-refractivity contribution in [1.82, 2.24) is 9.88 Å². The molecule has 24 heavy (non-hydrogen) atoms. The fourth-order valence-electron chi connectivity index (χ4n) is 2.74. The molecule has 0 bridgehead atoms. The van der Waals surface area contributed by atoms with Gasteiger partial charge in [-0.2, -0.15) is 0 Å². The molecule has 0 spiro atoms. The first-order valence-corrected chi connectivity index (χ1v) is 8.02. The third-order valence-corrected chi connectivity index (χ3v) is 4.41. The minimum absolute atomic E-state index is 0.0491. The summed E-state index contributed by atoms with van der Waals surface area (Å²) in [5.41, 5.74) is 0.950. The van der Waals surface area contributed by atoms with Gasteiger partial charge in [-0.25, -0.2) is 14.2 Å². The van der Waals surface area contributed by atoms with Gasteiger partial charge >= 0.3 is 5.97 Å². The Balaban J connectivity index is 1.61. The van der Waals surface area contributed by atoms with E-state index >= 15 is 0 Å². The summed E-state index contributed by atoms with van der Waals surface area (Å²) in [6, 6.07) is 9.46. The van der Waals surface area contributed by atoms with Crippen molar-refractivity contribution in [3.8, 4) is 0 Å². The SMILES string of the molecule is O=C(O)c1cccc(N2CCN(Cc3ccc(F)cc3Cl)CC2)n1. The molecular formula is C17H17ClFN3O2. The maximum Gasteiger partial charge on any atom is 0.354 e. The number of aromatic carboxylic acids is 1. The van der Waals surface area contributed by atoms with E-state index in [0.717, 1.165) is 31.7 Å². The first kappa shape index (κ1) is 16.7. The number of aromatic nitrogens is 1. The Bertz CT molecular complexity index is 748. The summed E-state index contributed by atoms with van der Waals surface area (Å²) in [5, 5.41) is 9.47.